The van der Waals surface area contributed by atoms with Crippen LogP contribution in [0, 0.1) is 6.92 Å². The van der Waals surface area contributed by atoms with Crippen LogP contribution in [-0.2, 0) is 4.79 Å². The molecular weight excluding hydrogens is 382 g/mol. The van der Waals surface area contributed by atoms with Gasteiger partial charge in [0.15, 0.2) is 11.1 Å². The molecule has 4 rings (SSSR count). The summed E-state index contributed by atoms with van der Waals surface area (Å²) >= 11 is 7.34. The lowest BCUT2D eigenvalue weighted by Crippen LogP contribution is -2.28. The highest BCUT2D eigenvalue weighted by atomic mass is 35.5. The van der Waals surface area contributed by atoms with Crippen LogP contribution >= 0.6 is 23.4 Å². The second-order valence-electron chi connectivity index (χ2n) is 6.64. The third-order valence-electron chi connectivity index (χ3n) is 4.60. The number of aryl methyl sites for hydroxylation is 1. The van der Waals surface area contributed by atoms with Crippen molar-refractivity contribution in [1.29, 1.82) is 0 Å². The molecule has 2 saturated heterocycles. The molecule has 0 unspecified atom stereocenters. The van der Waals surface area contributed by atoms with Crippen molar-refractivity contribution in [2.75, 3.05) is 18.0 Å². The fourth-order valence-corrected chi connectivity index (χ4v) is 4.11. The summed E-state index contributed by atoms with van der Waals surface area (Å²) in [4.78, 5) is 19.6. The van der Waals surface area contributed by atoms with Crippen LogP contribution in [0.2, 0.25) is 5.02 Å². The Morgan fingerprint density at radius 2 is 2.04 bits per heavy atom. The number of furan rings is 1. The number of halogens is 1. The lowest BCUT2D eigenvalue weighted by atomic mass is 10.1. The van der Waals surface area contributed by atoms with Gasteiger partial charge in [-0.15, -0.1) is 0 Å². The van der Waals surface area contributed by atoms with E-state index in [4.69, 9.17) is 16.0 Å². The maximum Gasteiger partial charge on any atom is 0.264 e. The average molecular weight is 402 g/mol. The first-order valence-corrected chi connectivity index (χ1v) is 10.2. The average Bonchev–Trinajstić information content (AvgIpc) is 3.26. The molecule has 27 heavy (non-hydrogen) atoms. The Kier molecular flexibility index (Phi) is 5.27. The van der Waals surface area contributed by atoms with E-state index in [1.807, 2.05) is 31.2 Å². The predicted molar refractivity (Wildman–Crippen MR) is 112 cm³/mol. The fourth-order valence-electron chi connectivity index (χ4n) is 3.13. The summed E-state index contributed by atoms with van der Waals surface area (Å²) in [7, 11) is 0. The minimum Gasteiger partial charge on any atom is -0.441 e. The minimum absolute atomic E-state index is 0.172. The van der Waals surface area contributed by atoms with Gasteiger partial charge in [-0.2, -0.15) is 0 Å². The first kappa shape index (κ1) is 18.2. The number of nitrogens with one attached hydrogen (secondary N) is 1. The van der Waals surface area contributed by atoms with Gasteiger partial charge in [0, 0.05) is 30.3 Å². The molecule has 3 heterocycles. The van der Waals surface area contributed by atoms with Gasteiger partial charge in [0.05, 0.1) is 10.6 Å². The van der Waals surface area contributed by atoms with Crippen molar-refractivity contribution in [1.82, 2.24) is 5.32 Å². The molecule has 1 aromatic heterocycles. The number of nitrogens with zero attached hydrogens (tertiary/aromatic N) is 2. The van der Waals surface area contributed by atoms with E-state index in [0.717, 1.165) is 30.2 Å². The van der Waals surface area contributed by atoms with Crippen molar-refractivity contribution in [3.63, 3.8) is 0 Å². The second-order valence-corrected chi connectivity index (χ2v) is 8.10. The van der Waals surface area contributed by atoms with Gasteiger partial charge in [-0.05, 0) is 61.7 Å². The third kappa shape index (κ3) is 4.22. The van der Waals surface area contributed by atoms with Crippen LogP contribution in [-0.4, -0.2) is 24.2 Å². The maximum atomic E-state index is 12.3. The third-order valence-corrected chi connectivity index (χ3v) is 5.74. The number of aliphatic imine (C=N–C) groups is 1. The second kappa shape index (κ2) is 7.82. The molecule has 2 aromatic rings. The number of carbonyl (C=O) groups is 1. The Labute approximate surface area is 167 Å². The van der Waals surface area contributed by atoms with Gasteiger partial charge in [-0.1, -0.05) is 17.7 Å². The van der Waals surface area contributed by atoms with Crippen molar-refractivity contribution >= 4 is 52.1 Å². The molecular formula is C20H20ClN3O2S. The summed E-state index contributed by atoms with van der Waals surface area (Å²) in [6, 6.07) is 9.39. The van der Waals surface area contributed by atoms with Crippen molar-refractivity contribution < 1.29 is 9.21 Å². The van der Waals surface area contributed by atoms with E-state index >= 15 is 0 Å². The van der Waals surface area contributed by atoms with E-state index in [-0.39, 0.29) is 5.91 Å². The van der Waals surface area contributed by atoms with Crippen molar-refractivity contribution in [2.45, 2.75) is 26.2 Å². The summed E-state index contributed by atoms with van der Waals surface area (Å²) in [5, 5.41) is 3.96. The smallest absolute Gasteiger partial charge is 0.264 e. The molecule has 0 aliphatic carbocycles. The summed E-state index contributed by atoms with van der Waals surface area (Å²) in [6.07, 6.45) is 5.43. The first-order chi connectivity index (χ1) is 13.1. The molecule has 2 fully saturated rings. The van der Waals surface area contributed by atoms with Gasteiger partial charge in [0.25, 0.3) is 5.91 Å². The van der Waals surface area contributed by atoms with Crippen LogP contribution in [0.25, 0.3) is 6.08 Å². The van der Waals surface area contributed by atoms with E-state index in [0.29, 0.717) is 20.9 Å². The number of hydrogen-bond donors (Lipinski definition) is 1. The molecule has 5 nitrogen and oxygen atoms in total. The monoisotopic (exact) mass is 401 g/mol. The summed E-state index contributed by atoms with van der Waals surface area (Å²) in [5.41, 5.74) is 1.74. The van der Waals surface area contributed by atoms with Gasteiger partial charge < -0.3 is 14.6 Å². The van der Waals surface area contributed by atoms with Gasteiger partial charge >= 0.3 is 0 Å². The number of amides is 1. The van der Waals surface area contributed by atoms with Gasteiger partial charge in [0.2, 0.25) is 0 Å². The van der Waals surface area contributed by atoms with E-state index in [1.54, 1.807) is 12.1 Å². The van der Waals surface area contributed by atoms with Crippen LogP contribution in [0.3, 0.4) is 0 Å². The van der Waals surface area contributed by atoms with Crippen molar-refractivity contribution in [3.8, 4) is 0 Å². The highest BCUT2D eigenvalue weighted by Gasteiger charge is 2.25. The SMILES string of the molecule is Cc1ccc(Cl)cc1N=C1NC(=O)C(=Cc2ccc(N3CCCCC3)o2)S1. The number of carbonyl (C=O) groups excluding carboxylic acids is 1. The molecule has 7 heteroatoms. The highest BCUT2D eigenvalue weighted by Crippen LogP contribution is 2.31. The van der Waals surface area contributed by atoms with E-state index in [2.05, 4.69) is 15.2 Å². The Balaban J connectivity index is 1.51. The van der Waals surface area contributed by atoms with Crippen LogP contribution < -0.4 is 10.2 Å². The number of hydrogen-bond acceptors (Lipinski definition) is 5. The van der Waals surface area contributed by atoms with Crippen LogP contribution in [0.15, 0.2) is 44.6 Å². The standard InChI is InChI=1S/C20H20ClN3O2S/c1-13-5-6-14(21)11-16(13)22-20-23-19(25)17(27-20)12-15-7-8-18(26-15)24-9-3-2-4-10-24/h5-8,11-12H,2-4,9-10H2,1H3,(H,22,23,25). The van der Waals surface area contributed by atoms with Crippen molar-refractivity contribution in [3.05, 3.63) is 51.6 Å². The molecule has 2 aliphatic rings. The summed E-state index contributed by atoms with van der Waals surface area (Å²) < 4.78 is 5.92. The lowest BCUT2D eigenvalue weighted by molar-refractivity contribution is -0.115. The molecule has 1 amide bonds. The van der Waals surface area contributed by atoms with Crippen LogP contribution in [0.1, 0.15) is 30.6 Å². The minimum atomic E-state index is -0.172. The predicted octanol–water partition coefficient (Wildman–Crippen LogP) is 5.12. The molecule has 0 saturated carbocycles. The molecule has 0 spiro atoms. The Hall–Kier alpha value is -2.18. The zero-order valence-corrected chi connectivity index (χ0v) is 16.6. The number of thioether (sulfide) groups is 1. The van der Waals surface area contributed by atoms with Crippen LogP contribution in [0.4, 0.5) is 11.6 Å². The number of amidine groups is 1. The number of rotatable bonds is 3. The zero-order chi connectivity index (χ0) is 18.8. The molecule has 0 atom stereocenters. The Bertz CT molecular complexity index is 929. The van der Waals surface area contributed by atoms with Gasteiger partial charge in [-0.3, -0.25) is 4.79 Å². The maximum absolute atomic E-state index is 12.3. The molecule has 2 aliphatic heterocycles. The lowest BCUT2D eigenvalue weighted by Gasteiger charge is -2.25. The summed E-state index contributed by atoms with van der Waals surface area (Å²) in [5.74, 6) is 1.37. The molecule has 140 valence electrons. The largest absolute Gasteiger partial charge is 0.441 e. The van der Waals surface area contributed by atoms with Gasteiger partial charge in [0.1, 0.15) is 5.76 Å². The van der Waals surface area contributed by atoms with Crippen molar-refractivity contribution in [2.24, 2.45) is 4.99 Å². The summed E-state index contributed by atoms with van der Waals surface area (Å²) in [6.45, 7) is 4.00. The van der Waals surface area contributed by atoms with Gasteiger partial charge in [-0.25, -0.2) is 4.99 Å². The van der Waals surface area contributed by atoms with Crippen LogP contribution in [0.5, 0.6) is 0 Å². The molecule has 0 bridgehead atoms. The zero-order valence-electron chi connectivity index (χ0n) is 15.0. The Morgan fingerprint density at radius 1 is 1.22 bits per heavy atom. The Morgan fingerprint density at radius 3 is 2.85 bits per heavy atom. The fraction of sp³-hybridized carbons (Fsp3) is 0.300. The van der Waals surface area contributed by atoms with E-state index < -0.39 is 0 Å². The quantitative estimate of drug-likeness (QED) is 0.725. The molecule has 1 aromatic carbocycles. The molecule has 0 radical (unpaired) electrons. The first-order valence-electron chi connectivity index (χ1n) is 8.99. The van der Waals surface area contributed by atoms with E-state index in [9.17, 15) is 4.79 Å². The normalized spacial score (nSPS) is 20.5. The molecule has 1 N–H and O–H groups in total. The van der Waals surface area contributed by atoms with E-state index in [1.165, 1.54) is 31.0 Å². The highest BCUT2D eigenvalue weighted by molar-refractivity contribution is 8.18. The number of benzene rings is 1. The number of anilines is 1. The topological polar surface area (TPSA) is 57.8 Å². The number of piperidine rings is 1.